The van der Waals surface area contributed by atoms with E-state index < -0.39 is 46.0 Å². The first-order valence-corrected chi connectivity index (χ1v) is 15.0. The summed E-state index contributed by atoms with van der Waals surface area (Å²) >= 11 is -2.89. The van der Waals surface area contributed by atoms with Crippen LogP contribution in [0.15, 0.2) is 18.2 Å². The average molecular weight is 375 g/mol. The van der Waals surface area contributed by atoms with E-state index in [1.54, 1.807) is 0 Å². The van der Waals surface area contributed by atoms with Crippen molar-refractivity contribution in [3.8, 4) is 0 Å². The number of benzene rings is 1. The minimum atomic E-state index is -2.89. The van der Waals surface area contributed by atoms with E-state index in [1.807, 2.05) is 14.8 Å². The molecule has 8 nitrogen and oxygen atoms in total. The van der Waals surface area contributed by atoms with Gasteiger partial charge < -0.3 is 0 Å². The molecule has 0 saturated heterocycles. The van der Waals surface area contributed by atoms with Gasteiger partial charge in [-0.3, -0.25) is 0 Å². The molecule has 0 aliphatic heterocycles. The summed E-state index contributed by atoms with van der Waals surface area (Å²) in [6.07, 6.45) is 0. The van der Waals surface area contributed by atoms with Crippen LogP contribution in [-0.2, 0) is 3.07 Å². The van der Waals surface area contributed by atoms with Crippen molar-refractivity contribution in [1.29, 1.82) is 0 Å². The van der Waals surface area contributed by atoms with E-state index in [0.717, 1.165) is 18.2 Å². The van der Waals surface area contributed by atoms with Crippen LogP contribution in [0.25, 0.3) is 0 Å². The Morgan fingerprint density at radius 2 is 1.47 bits per heavy atom. The van der Waals surface area contributed by atoms with Crippen LogP contribution >= 0.6 is 0 Å². The van der Waals surface area contributed by atoms with Gasteiger partial charge in [-0.2, -0.15) is 0 Å². The molecule has 0 aliphatic carbocycles. The molecule has 0 atom stereocenters. The summed E-state index contributed by atoms with van der Waals surface area (Å²) in [6, 6.07) is 2.76. The van der Waals surface area contributed by atoms with Gasteiger partial charge >= 0.3 is 113 Å². The quantitative estimate of drug-likeness (QED) is 0.454. The van der Waals surface area contributed by atoms with Crippen LogP contribution < -0.4 is 0 Å². The van der Waals surface area contributed by atoms with Crippen molar-refractivity contribution < 1.29 is 17.7 Å². The molecule has 19 heavy (non-hydrogen) atoms. The third-order valence-electron chi connectivity index (χ3n) is 1.96. The van der Waals surface area contributed by atoms with Gasteiger partial charge in [0.05, 0.1) is 0 Å². The molecular weight excluding hydrogens is 363 g/mol. The van der Waals surface area contributed by atoms with Gasteiger partial charge in [0.1, 0.15) is 0 Å². The normalized spacial score (nSPS) is 10.9. The first kappa shape index (κ1) is 15.3. The van der Waals surface area contributed by atoms with Crippen molar-refractivity contribution in [3.05, 3.63) is 44.0 Å². The van der Waals surface area contributed by atoms with Crippen molar-refractivity contribution in [3.63, 3.8) is 0 Å². The Bertz CT molecular complexity index is 519. The van der Waals surface area contributed by atoms with Gasteiger partial charge in [-0.1, -0.05) is 0 Å². The number of hydrogen-bond donors (Lipinski definition) is 0. The van der Waals surface area contributed by atoms with Crippen LogP contribution in [0, 0.1) is 20.2 Å². The molecule has 0 bridgehead atoms. The number of hydrogen-bond acceptors (Lipinski definition) is 6. The standard InChI is InChI=1S/C7H4N2O6.3CH3.Sn/c10-7(11)4-1-5(8(12)13)3-6(2-4)9(14)15;;;;/h1-3H,(H,10,11);3*1H3;/q;;;;+1/p-1. The van der Waals surface area contributed by atoms with Gasteiger partial charge in [-0.15, -0.1) is 0 Å². The van der Waals surface area contributed by atoms with Crippen LogP contribution in [0.2, 0.25) is 14.8 Å². The van der Waals surface area contributed by atoms with Crippen LogP contribution in [0.1, 0.15) is 10.4 Å². The number of rotatable bonds is 4. The second-order valence-corrected chi connectivity index (χ2v) is 17.4. The third-order valence-corrected chi connectivity index (χ3v) is 4.24. The summed E-state index contributed by atoms with van der Waals surface area (Å²) in [7, 11) is 0. The molecule has 0 unspecified atom stereocenters. The van der Waals surface area contributed by atoms with Gasteiger partial charge in [0.15, 0.2) is 0 Å². The van der Waals surface area contributed by atoms with Crippen LogP contribution in [0.4, 0.5) is 11.4 Å². The van der Waals surface area contributed by atoms with E-state index in [0.29, 0.717) is 0 Å². The van der Waals surface area contributed by atoms with E-state index in [1.165, 1.54) is 0 Å². The topological polar surface area (TPSA) is 113 Å². The molecule has 1 rings (SSSR count). The molecule has 1 aromatic rings. The number of non-ortho nitro benzene ring substituents is 2. The SMILES string of the molecule is [CH3][Sn]([CH3])([CH3])[O]C(=O)c1cc([N+](=O)[O-])cc([N+](=O)[O-])c1. The molecule has 0 spiro atoms. The molecule has 0 N–H and O–H groups in total. The van der Waals surface area contributed by atoms with Crippen molar-refractivity contribution in [1.82, 2.24) is 0 Å². The summed E-state index contributed by atoms with van der Waals surface area (Å²) in [6.45, 7) is 0. The molecular formula is C10H12N2O6Sn. The van der Waals surface area contributed by atoms with E-state index in [9.17, 15) is 25.0 Å². The fraction of sp³-hybridized carbons (Fsp3) is 0.300. The van der Waals surface area contributed by atoms with Gasteiger partial charge in [-0.05, 0) is 0 Å². The minimum absolute atomic E-state index is 0.174. The van der Waals surface area contributed by atoms with Crippen molar-refractivity contribution in [2.75, 3.05) is 0 Å². The third kappa shape index (κ3) is 4.47. The Morgan fingerprint density at radius 3 is 1.79 bits per heavy atom. The molecule has 0 fully saturated rings. The Hall–Kier alpha value is -1.71. The van der Waals surface area contributed by atoms with Crippen LogP contribution in [0.5, 0.6) is 0 Å². The molecule has 0 aliphatic rings. The van der Waals surface area contributed by atoms with Gasteiger partial charge in [-0.25, -0.2) is 0 Å². The molecule has 0 heterocycles. The second kappa shape index (κ2) is 5.51. The predicted octanol–water partition coefficient (Wildman–Crippen LogP) is 2.49. The molecule has 0 amide bonds. The zero-order valence-corrected chi connectivity index (χ0v) is 13.4. The van der Waals surface area contributed by atoms with Crippen molar-refractivity contribution >= 4 is 36.1 Å². The number of carbonyl (C=O) groups excluding carboxylic acids is 1. The molecule has 102 valence electrons. The van der Waals surface area contributed by atoms with Gasteiger partial charge in [0, 0.05) is 0 Å². The summed E-state index contributed by atoms with van der Waals surface area (Å²) < 4.78 is 5.22. The molecule has 0 aromatic heterocycles. The average Bonchev–Trinajstić information content (AvgIpc) is 2.25. The summed E-state index contributed by atoms with van der Waals surface area (Å²) in [5.41, 5.74) is -1.19. The molecule has 0 radical (unpaired) electrons. The summed E-state index contributed by atoms with van der Waals surface area (Å²) in [5, 5.41) is 21.4. The first-order chi connectivity index (χ1) is 8.60. The Balaban J connectivity index is 3.23. The van der Waals surface area contributed by atoms with Crippen molar-refractivity contribution in [2.24, 2.45) is 0 Å². The Kier molecular flexibility index (Phi) is 4.45. The van der Waals surface area contributed by atoms with E-state index >= 15 is 0 Å². The van der Waals surface area contributed by atoms with Gasteiger partial charge in [0.25, 0.3) is 0 Å². The summed E-state index contributed by atoms with van der Waals surface area (Å²) in [5.74, 6) is -0.755. The molecule has 1 aromatic carbocycles. The first-order valence-electron chi connectivity index (χ1n) is 5.27. The fourth-order valence-corrected chi connectivity index (χ4v) is 3.18. The maximum absolute atomic E-state index is 11.8. The van der Waals surface area contributed by atoms with Crippen LogP contribution in [0.3, 0.4) is 0 Å². The Labute approximate surface area is 113 Å². The number of nitrogens with zero attached hydrogens (tertiary/aromatic N) is 2. The second-order valence-electron chi connectivity index (χ2n) is 4.75. The van der Waals surface area contributed by atoms with Gasteiger partial charge in [0.2, 0.25) is 0 Å². The molecule has 9 heteroatoms. The zero-order chi connectivity index (χ0) is 14.8. The summed E-state index contributed by atoms with van der Waals surface area (Å²) in [4.78, 5) is 37.1. The Morgan fingerprint density at radius 1 is 1.05 bits per heavy atom. The molecule has 0 saturated carbocycles. The number of nitro groups is 2. The number of carbonyl (C=O) groups is 1. The monoisotopic (exact) mass is 376 g/mol. The van der Waals surface area contributed by atoms with Crippen LogP contribution in [-0.4, -0.2) is 34.6 Å². The van der Waals surface area contributed by atoms with E-state index in [2.05, 4.69) is 0 Å². The number of nitro benzene ring substituents is 2. The van der Waals surface area contributed by atoms with Crippen molar-refractivity contribution in [2.45, 2.75) is 14.8 Å². The zero-order valence-electron chi connectivity index (χ0n) is 10.6. The van der Waals surface area contributed by atoms with E-state index in [4.69, 9.17) is 3.07 Å². The van der Waals surface area contributed by atoms with E-state index in [-0.39, 0.29) is 5.56 Å². The predicted molar refractivity (Wildman–Crippen MR) is 68.5 cm³/mol. The fourth-order valence-electron chi connectivity index (χ4n) is 1.26. The maximum atomic E-state index is 11.8.